The number of hydrogen-bond donors (Lipinski definition) is 2. The molecule has 6 nitrogen and oxygen atoms in total. The average molecular weight is 210 g/mol. The predicted molar refractivity (Wildman–Crippen MR) is 51.9 cm³/mol. The van der Waals surface area contributed by atoms with Gasteiger partial charge in [-0.25, -0.2) is 0 Å². The first-order valence-electron chi connectivity index (χ1n) is 4.98. The molecule has 0 aromatic carbocycles. The lowest BCUT2D eigenvalue weighted by molar-refractivity contribution is 0.0987. The molecule has 0 radical (unpaired) electrons. The summed E-state index contributed by atoms with van der Waals surface area (Å²) in [6, 6.07) is 0. The van der Waals surface area contributed by atoms with Gasteiger partial charge in [0.05, 0.1) is 0 Å². The van der Waals surface area contributed by atoms with Crippen LogP contribution >= 0.6 is 0 Å². The maximum atomic E-state index is 10.7. The highest BCUT2D eigenvalue weighted by molar-refractivity contribution is 5.88. The van der Waals surface area contributed by atoms with Gasteiger partial charge >= 0.3 is 0 Å². The fraction of sp³-hybridized carbons (Fsp3) is 0.667. The van der Waals surface area contributed by atoms with Crippen LogP contribution in [0.25, 0.3) is 0 Å². The lowest BCUT2D eigenvalue weighted by atomic mass is 9.67. The van der Waals surface area contributed by atoms with Gasteiger partial charge in [-0.15, -0.1) is 0 Å². The molecule has 15 heavy (non-hydrogen) atoms. The lowest BCUT2D eigenvalue weighted by Crippen LogP contribution is -2.39. The van der Waals surface area contributed by atoms with Gasteiger partial charge in [0.1, 0.15) is 0 Å². The van der Waals surface area contributed by atoms with Gasteiger partial charge < -0.3 is 16.0 Å². The van der Waals surface area contributed by atoms with Crippen molar-refractivity contribution in [3.8, 4) is 0 Å². The number of aromatic nitrogens is 2. The van der Waals surface area contributed by atoms with Gasteiger partial charge in [0.15, 0.2) is 0 Å². The van der Waals surface area contributed by atoms with Crippen molar-refractivity contribution >= 4 is 5.91 Å². The lowest BCUT2D eigenvalue weighted by Gasteiger charge is -2.39. The summed E-state index contributed by atoms with van der Waals surface area (Å²) in [5.41, 5.74) is 10.8. The van der Waals surface area contributed by atoms with Crippen LogP contribution in [0.4, 0.5) is 0 Å². The molecule has 0 bridgehead atoms. The summed E-state index contributed by atoms with van der Waals surface area (Å²) >= 11 is 0. The summed E-state index contributed by atoms with van der Waals surface area (Å²) in [5, 5.41) is 3.49. The van der Waals surface area contributed by atoms with Crippen LogP contribution < -0.4 is 11.5 Å². The molecule has 1 aliphatic rings. The van der Waals surface area contributed by atoms with Crippen LogP contribution in [0.15, 0.2) is 4.52 Å². The van der Waals surface area contributed by atoms with Crippen LogP contribution in [0.3, 0.4) is 0 Å². The van der Waals surface area contributed by atoms with Gasteiger partial charge in [-0.05, 0) is 24.8 Å². The van der Waals surface area contributed by atoms with E-state index in [-0.39, 0.29) is 11.2 Å². The number of hydrogen-bond acceptors (Lipinski definition) is 5. The second-order valence-electron chi connectivity index (χ2n) is 4.11. The number of amides is 1. The third-order valence-electron chi connectivity index (χ3n) is 3.06. The fourth-order valence-electron chi connectivity index (χ4n) is 1.88. The van der Waals surface area contributed by atoms with Gasteiger partial charge in [0.2, 0.25) is 5.89 Å². The molecular weight excluding hydrogens is 196 g/mol. The summed E-state index contributed by atoms with van der Waals surface area (Å²) < 4.78 is 4.94. The summed E-state index contributed by atoms with van der Waals surface area (Å²) in [6.07, 6.45) is 3.99. The minimum Gasteiger partial charge on any atom is -0.363 e. The zero-order valence-electron chi connectivity index (χ0n) is 8.40. The van der Waals surface area contributed by atoms with Gasteiger partial charge in [0, 0.05) is 6.42 Å². The van der Waals surface area contributed by atoms with E-state index in [0.717, 1.165) is 12.8 Å². The van der Waals surface area contributed by atoms with Gasteiger partial charge in [-0.2, -0.15) is 4.98 Å². The predicted octanol–water partition coefficient (Wildman–Crippen LogP) is -0.160. The van der Waals surface area contributed by atoms with Crippen molar-refractivity contribution in [2.45, 2.75) is 25.7 Å². The Balaban J connectivity index is 2.07. The van der Waals surface area contributed by atoms with Crippen molar-refractivity contribution in [3.63, 3.8) is 0 Å². The minimum absolute atomic E-state index is 0.0588. The van der Waals surface area contributed by atoms with Crippen molar-refractivity contribution in [2.24, 2.45) is 16.9 Å². The first-order chi connectivity index (χ1) is 7.15. The first kappa shape index (κ1) is 10.1. The molecule has 0 spiro atoms. The molecule has 82 valence electrons. The molecule has 2 rings (SSSR count). The minimum atomic E-state index is -0.666. The van der Waals surface area contributed by atoms with Crippen molar-refractivity contribution in [1.82, 2.24) is 10.1 Å². The molecule has 1 amide bonds. The number of nitrogens with two attached hydrogens (primary N) is 2. The van der Waals surface area contributed by atoms with E-state index in [1.807, 2.05) is 0 Å². The zero-order valence-corrected chi connectivity index (χ0v) is 8.40. The third-order valence-corrected chi connectivity index (χ3v) is 3.06. The summed E-state index contributed by atoms with van der Waals surface area (Å²) in [4.78, 5) is 14.7. The smallest absolute Gasteiger partial charge is 0.290 e. The maximum Gasteiger partial charge on any atom is 0.290 e. The Labute approximate surface area is 87.0 Å². The summed E-state index contributed by atoms with van der Waals surface area (Å²) in [5.74, 6) is -0.272. The Morgan fingerprint density at radius 2 is 2.27 bits per heavy atom. The molecule has 4 N–H and O–H groups in total. The molecule has 1 fully saturated rings. The van der Waals surface area contributed by atoms with E-state index in [2.05, 4.69) is 10.1 Å². The molecule has 1 aromatic heterocycles. The largest absolute Gasteiger partial charge is 0.363 e. The molecule has 1 saturated carbocycles. The van der Waals surface area contributed by atoms with Crippen LogP contribution in [0, 0.1) is 5.41 Å². The van der Waals surface area contributed by atoms with E-state index < -0.39 is 5.91 Å². The Morgan fingerprint density at radius 3 is 2.67 bits per heavy atom. The summed E-state index contributed by atoms with van der Waals surface area (Å²) in [6.45, 7) is 0.612. The Kier molecular flexibility index (Phi) is 2.44. The number of primary amides is 1. The molecule has 1 heterocycles. The monoisotopic (exact) mass is 210 g/mol. The normalized spacial score (nSPS) is 18.5. The van der Waals surface area contributed by atoms with Gasteiger partial charge in [-0.3, -0.25) is 4.79 Å². The molecule has 1 aliphatic carbocycles. The molecule has 1 aromatic rings. The van der Waals surface area contributed by atoms with Crippen molar-refractivity contribution in [1.29, 1.82) is 0 Å². The number of nitrogens with zero attached hydrogens (tertiary/aromatic N) is 2. The van der Waals surface area contributed by atoms with E-state index in [1.165, 1.54) is 6.42 Å². The number of carbonyl (C=O) groups excluding carboxylic acids is 1. The Bertz CT molecular complexity index is 364. The van der Waals surface area contributed by atoms with Crippen molar-refractivity contribution in [2.75, 3.05) is 6.54 Å². The number of rotatable bonds is 4. The molecule has 6 heteroatoms. The van der Waals surface area contributed by atoms with Crippen LogP contribution in [0.2, 0.25) is 0 Å². The van der Waals surface area contributed by atoms with E-state index in [0.29, 0.717) is 18.9 Å². The Morgan fingerprint density at radius 1 is 1.53 bits per heavy atom. The van der Waals surface area contributed by atoms with Crippen LogP contribution in [-0.2, 0) is 6.42 Å². The highest BCUT2D eigenvalue weighted by atomic mass is 16.5. The SMILES string of the molecule is NCC1(Cc2nc(C(N)=O)no2)CCC1. The van der Waals surface area contributed by atoms with Crippen LogP contribution in [0.1, 0.15) is 35.8 Å². The molecule has 0 unspecified atom stereocenters. The number of carbonyl (C=O) groups is 1. The van der Waals surface area contributed by atoms with Crippen LogP contribution in [-0.4, -0.2) is 22.6 Å². The van der Waals surface area contributed by atoms with Crippen LogP contribution in [0.5, 0.6) is 0 Å². The standard InChI is InChI=1S/C9H14N4O2/c10-5-9(2-1-3-9)4-6-12-8(7(11)14)13-15-6/h1-5,10H2,(H2,11,14). The quantitative estimate of drug-likeness (QED) is 0.717. The third kappa shape index (κ3) is 1.85. The van der Waals surface area contributed by atoms with E-state index >= 15 is 0 Å². The van der Waals surface area contributed by atoms with Crippen molar-refractivity contribution < 1.29 is 9.32 Å². The topological polar surface area (TPSA) is 108 Å². The molecule has 0 saturated heterocycles. The maximum absolute atomic E-state index is 10.7. The second kappa shape index (κ2) is 3.62. The van der Waals surface area contributed by atoms with E-state index in [9.17, 15) is 4.79 Å². The average Bonchev–Trinajstić information content (AvgIpc) is 2.59. The van der Waals surface area contributed by atoms with Gasteiger partial charge in [-0.1, -0.05) is 11.6 Å². The molecule has 0 atom stereocenters. The van der Waals surface area contributed by atoms with E-state index in [1.54, 1.807) is 0 Å². The summed E-state index contributed by atoms with van der Waals surface area (Å²) in [7, 11) is 0. The fourth-order valence-corrected chi connectivity index (χ4v) is 1.88. The zero-order chi connectivity index (χ0) is 10.9. The Hall–Kier alpha value is -1.43. The van der Waals surface area contributed by atoms with Gasteiger partial charge in [0.25, 0.3) is 11.7 Å². The molecular formula is C9H14N4O2. The second-order valence-corrected chi connectivity index (χ2v) is 4.11. The molecule has 0 aliphatic heterocycles. The first-order valence-corrected chi connectivity index (χ1v) is 4.98. The highest BCUT2D eigenvalue weighted by Gasteiger charge is 2.37. The van der Waals surface area contributed by atoms with E-state index in [4.69, 9.17) is 16.0 Å². The highest BCUT2D eigenvalue weighted by Crippen LogP contribution is 2.42. The van der Waals surface area contributed by atoms with Crippen molar-refractivity contribution in [3.05, 3.63) is 11.7 Å².